The van der Waals surface area contributed by atoms with Crippen LogP contribution in [0.25, 0.3) is 17.2 Å². The topological polar surface area (TPSA) is 32.3 Å². The molecule has 3 nitrogen and oxygen atoms in total. The molecule has 0 spiro atoms. The van der Waals surface area contributed by atoms with Crippen molar-refractivity contribution in [1.29, 1.82) is 0 Å². The first-order chi connectivity index (χ1) is 15.3. The van der Waals surface area contributed by atoms with Gasteiger partial charge in [-0.05, 0) is 59.2 Å². The number of likely N-dealkylation sites (tertiary alicyclic amines) is 1. The van der Waals surface area contributed by atoms with Gasteiger partial charge in [-0.3, -0.25) is 9.69 Å². The first kappa shape index (κ1) is 19.8. The molecule has 0 bridgehead atoms. The van der Waals surface area contributed by atoms with Crippen molar-refractivity contribution >= 4 is 12.0 Å². The van der Waals surface area contributed by atoms with Crippen LogP contribution in [0.3, 0.4) is 0 Å². The Balaban J connectivity index is 1.13. The highest BCUT2D eigenvalue weighted by Gasteiger charge is 2.22. The second-order valence-electron chi connectivity index (χ2n) is 8.57. The zero-order valence-corrected chi connectivity index (χ0v) is 17.8. The minimum absolute atomic E-state index is 0.0566. The number of nitrogens with zero attached hydrogens (tertiary/aromatic N) is 1. The lowest BCUT2D eigenvalue weighted by Crippen LogP contribution is -2.44. The van der Waals surface area contributed by atoms with E-state index >= 15 is 0 Å². The molecule has 0 atom stereocenters. The Bertz CT molecular complexity index is 1100. The van der Waals surface area contributed by atoms with Crippen LogP contribution in [0.5, 0.6) is 0 Å². The molecule has 1 aliphatic heterocycles. The standard InChI is InChI=1S/C28H28N2O/c31-28(23-12-13-27-24(20-23)19-22-10-4-5-11-26(22)27)29-25-14-17-30(18-15-25)16-6-9-21-7-2-1-3-8-21/h1-13,20,25H,14-19H2,(H,29,31)/b9-6+. The number of fused-ring (bicyclic) bond motifs is 3. The van der Waals surface area contributed by atoms with Gasteiger partial charge in [-0.1, -0.05) is 72.8 Å². The summed E-state index contributed by atoms with van der Waals surface area (Å²) in [4.78, 5) is 15.3. The Hall–Kier alpha value is -3.17. The third kappa shape index (κ3) is 4.47. The Morgan fingerprint density at radius 2 is 1.65 bits per heavy atom. The summed E-state index contributed by atoms with van der Waals surface area (Å²) in [7, 11) is 0. The predicted molar refractivity (Wildman–Crippen MR) is 127 cm³/mol. The van der Waals surface area contributed by atoms with Crippen LogP contribution in [-0.4, -0.2) is 36.5 Å². The Morgan fingerprint density at radius 3 is 2.48 bits per heavy atom. The fourth-order valence-corrected chi connectivity index (χ4v) is 4.72. The van der Waals surface area contributed by atoms with Crippen molar-refractivity contribution < 1.29 is 4.79 Å². The Kier molecular flexibility index (Phi) is 5.68. The smallest absolute Gasteiger partial charge is 0.251 e. The molecule has 3 heteroatoms. The van der Waals surface area contributed by atoms with Gasteiger partial charge in [0.25, 0.3) is 5.91 Å². The predicted octanol–water partition coefficient (Wildman–Crippen LogP) is 5.17. The number of amides is 1. The largest absolute Gasteiger partial charge is 0.349 e. The molecule has 1 saturated heterocycles. The minimum Gasteiger partial charge on any atom is -0.349 e. The SMILES string of the molecule is O=C(NC1CCN(C/C=C/c2ccccc2)CC1)c1ccc2c(c1)Cc1ccccc1-2. The van der Waals surface area contributed by atoms with E-state index in [1.807, 2.05) is 12.1 Å². The van der Waals surface area contributed by atoms with Gasteiger partial charge in [0.05, 0.1) is 0 Å². The highest BCUT2D eigenvalue weighted by Crippen LogP contribution is 2.36. The molecule has 0 unspecified atom stereocenters. The highest BCUT2D eigenvalue weighted by atomic mass is 16.1. The molecule has 3 aromatic rings. The molecule has 5 rings (SSSR count). The maximum Gasteiger partial charge on any atom is 0.251 e. The average molecular weight is 409 g/mol. The monoisotopic (exact) mass is 408 g/mol. The van der Waals surface area contributed by atoms with Gasteiger partial charge in [-0.25, -0.2) is 0 Å². The third-order valence-electron chi connectivity index (χ3n) is 6.45. The van der Waals surface area contributed by atoms with Crippen molar-refractivity contribution in [2.24, 2.45) is 0 Å². The van der Waals surface area contributed by atoms with Gasteiger partial charge in [-0.2, -0.15) is 0 Å². The summed E-state index contributed by atoms with van der Waals surface area (Å²) in [6.07, 6.45) is 7.33. The van der Waals surface area contributed by atoms with E-state index in [1.165, 1.54) is 27.8 Å². The lowest BCUT2D eigenvalue weighted by atomic mass is 10.0. The van der Waals surface area contributed by atoms with Crippen molar-refractivity contribution in [2.45, 2.75) is 25.3 Å². The molecular weight excluding hydrogens is 380 g/mol. The molecule has 1 aliphatic carbocycles. The van der Waals surface area contributed by atoms with Crippen LogP contribution in [0.15, 0.2) is 78.9 Å². The van der Waals surface area contributed by atoms with Crippen LogP contribution < -0.4 is 5.32 Å². The number of rotatable bonds is 5. The average Bonchev–Trinajstić information content (AvgIpc) is 3.19. The van der Waals surface area contributed by atoms with Crippen molar-refractivity contribution in [3.63, 3.8) is 0 Å². The van der Waals surface area contributed by atoms with Crippen LogP contribution in [0, 0.1) is 0 Å². The molecule has 3 aromatic carbocycles. The van der Waals surface area contributed by atoms with Gasteiger partial charge >= 0.3 is 0 Å². The van der Waals surface area contributed by atoms with Crippen molar-refractivity contribution in [1.82, 2.24) is 10.2 Å². The molecule has 31 heavy (non-hydrogen) atoms. The summed E-state index contributed by atoms with van der Waals surface area (Å²) in [6, 6.07) is 25.3. The van der Waals surface area contributed by atoms with E-state index in [1.54, 1.807) is 0 Å². The van der Waals surface area contributed by atoms with E-state index in [9.17, 15) is 4.79 Å². The van der Waals surface area contributed by atoms with E-state index in [4.69, 9.17) is 0 Å². The molecule has 0 saturated carbocycles. The Morgan fingerprint density at radius 1 is 0.903 bits per heavy atom. The quantitative estimate of drug-likeness (QED) is 0.494. The molecule has 2 aliphatic rings. The Labute approximate surface area is 184 Å². The third-order valence-corrected chi connectivity index (χ3v) is 6.45. The van der Waals surface area contributed by atoms with E-state index in [-0.39, 0.29) is 11.9 Å². The van der Waals surface area contributed by atoms with E-state index in [2.05, 4.69) is 83.0 Å². The van der Waals surface area contributed by atoms with Crippen LogP contribution in [0.1, 0.15) is 39.9 Å². The first-order valence-electron chi connectivity index (χ1n) is 11.2. The molecule has 1 heterocycles. The highest BCUT2D eigenvalue weighted by molar-refractivity contribution is 5.96. The van der Waals surface area contributed by atoms with Crippen molar-refractivity contribution in [3.05, 3.63) is 101 Å². The number of piperidine rings is 1. The van der Waals surface area contributed by atoms with Crippen LogP contribution in [0.4, 0.5) is 0 Å². The maximum absolute atomic E-state index is 12.9. The lowest BCUT2D eigenvalue weighted by molar-refractivity contribution is 0.0914. The molecule has 156 valence electrons. The second kappa shape index (κ2) is 8.91. The van der Waals surface area contributed by atoms with Gasteiger partial charge in [0, 0.05) is 31.2 Å². The summed E-state index contributed by atoms with van der Waals surface area (Å²) < 4.78 is 0. The summed E-state index contributed by atoms with van der Waals surface area (Å²) in [5, 5.41) is 3.27. The number of benzene rings is 3. The van der Waals surface area contributed by atoms with Gasteiger partial charge < -0.3 is 5.32 Å². The first-order valence-corrected chi connectivity index (χ1v) is 11.2. The summed E-state index contributed by atoms with van der Waals surface area (Å²) >= 11 is 0. The van der Waals surface area contributed by atoms with Gasteiger partial charge in [0.2, 0.25) is 0 Å². The maximum atomic E-state index is 12.9. The normalized spacial score (nSPS) is 16.3. The van der Waals surface area contributed by atoms with Gasteiger partial charge in [-0.15, -0.1) is 0 Å². The minimum atomic E-state index is 0.0566. The molecule has 0 aromatic heterocycles. The lowest BCUT2D eigenvalue weighted by Gasteiger charge is -2.31. The molecular formula is C28H28N2O. The molecule has 1 amide bonds. The zero-order valence-electron chi connectivity index (χ0n) is 17.8. The van der Waals surface area contributed by atoms with E-state index in [0.29, 0.717) is 0 Å². The van der Waals surface area contributed by atoms with Gasteiger partial charge in [0.1, 0.15) is 0 Å². The molecule has 0 radical (unpaired) electrons. The number of carbonyl (C=O) groups is 1. The van der Waals surface area contributed by atoms with E-state index < -0.39 is 0 Å². The zero-order chi connectivity index (χ0) is 21.0. The van der Waals surface area contributed by atoms with Gasteiger partial charge in [0.15, 0.2) is 0 Å². The second-order valence-corrected chi connectivity index (χ2v) is 8.57. The molecule has 1 fully saturated rings. The molecule has 1 N–H and O–H groups in total. The fraction of sp³-hybridized carbons (Fsp3) is 0.250. The van der Waals surface area contributed by atoms with Crippen LogP contribution in [-0.2, 0) is 6.42 Å². The fourth-order valence-electron chi connectivity index (χ4n) is 4.72. The van der Waals surface area contributed by atoms with Crippen LogP contribution in [0.2, 0.25) is 0 Å². The number of hydrogen-bond donors (Lipinski definition) is 1. The van der Waals surface area contributed by atoms with Crippen molar-refractivity contribution in [3.8, 4) is 11.1 Å². The summed E-state index contributed by atoms with van der Waals surface area (Å²) in [5.74, 6) is 0.0566. The summed E-state index contributed by atoms with van der Waals surface area (Å²) in [5.41, 5.74) is 7.20. The number of carbonyl (C=O) groups excluding carboxylic acids is 1. The number of hydrogen-bond acceptors (Lipinski definition) is 2. The summed E-state index contributed by atoms with van der Waals surface area (Å²) in [6.45, 7) is 2.99. The van der Waals surface area contributed by atoms with Crippen molar-refractivity contribution in [2.75, 3.05) is 19.6 Å². The van der Waals surface area contributed by atoms with E-state index in [0.717, 1.165) is 44.5 Å². The van der Waals surface area contributed by atoms with Crippen LogP contribution >= 0.6 is 0 Å². The number of nitrogens with one attached hydrogen (secondary N) is 1.